The molecular weight excluding hydrogens is 553 g/mol. The number of para-hydroxylation sites is 2. The molecule has 2 aliphatic rings. The van der Waals surface area contributed by atoms with Gasteiger partial charge in [0.2, 0.25) is 0 Å². The summed E-state index contributed by atoms with van der Waals surface area (Å²) in [5, 5.41) is 4.46. The molecule has 45 heavy (non-hydrogen) atoms. The summed E-state index contributed by atoms with van der Waals surface area (Å²) in [5.74, 6) is 3.40. The lowest BCUT2D eigenvalue weighted by Crippen LogP contribution is -2.57. The predicted octanol–water partition coefficient (Wildman–Crippen LogP) is 8.94. The van der Waals surface area contributed by atoms with Gasteiger partial charge in [0.15, 0.2) is 0 Å². The van der Waals surface area contributed by atoms with Crippen molar-refractivity contribution in [3.05, 3.63) is 146 Å². The molecule has 0 aliphatic carbocycles. The van der Waals surface area contributed by atoms with E-state index >= 15 is 0 Å². The zero-order chi connectivity index (χ0) is 29.5. The first-order valence-corrected chi connectivity index (χ1v) is 15.2. The van der Waals surface area contributed by atoms with Gasteiger partial charge in [0, 0.05) is 39.4 Å². The highest BCUT2D eigenvalue weighted by Crippen LogP contribution is 2.41. The molecule has 0 saturated carbocycles. The fraction of sp³-hybridized carbons (Fsp3) is 0. The molecule has 0 radical (unpaired) electrons. The second-order valence-electron chi connectivity index (χ2n) is 11.7. The summed E-state index contributed by atoms with van der Waals surface area (Å²) in [7, 11) is 0. The van der Waals surface area contributed by atoms with Gasteiger partial charge in [-0.25, -0.2) is 0 Å². The van der Waals surface area contributed by atoms with E-state index in [0.717, 1.165) is 78.4 Å². The standard InChI is InChI=1S/C40H24BNO3/c1-3-11-26(12-4-1)42(27-13-5-2-6-14-27)28-19-20-30-31-23-38-32(24-37(31)45-36(30)22-28)41-39-29-15-8-7-10-25(29)18-21-35(39)43-33-16-9-17-34(44-38)40(33)41/h1-24H. The summed E-state index contributed by atoms with van der Waals surface area (Å²) in [4.78, 5) is 2.25. The second kappa shape index (κ2) is 9.28. The number of anilines is 3. The molecule has 4 nitrogen and oxygen atoms in total. The molecule has 0 spiro atoms. The Kier molecular flexibility index (Phi) is 5.05. The minimum absolute atomic E-state index is 0.0466. The Morgan fingerprint density at radius 2 is 1.09 bits per heavy atom. The first kappa shape index (κ1) is 24.5. The van der Waals surface area contributed by atoms with Gasteiger partial charge in [0.1, 0.15) is 34.2 Å². The third-order valence-corrected chi connectivity index (χ3v) is 9.16. The van der Waals surface area contributed by atoms with E-state index in [2.05, 4.69) is 120 Å². The van der Waals surface area contributed by atoms with Gasteiger partial charge in [0.05, 0.1) is 0 Å². The third kappa shape index (κ3) is 3.61. The summed E-state index contributed by atoms with van der Waals surface area (Å²) in [6.07, 6.45) is 0. The van der Waals surface area contributed by atoms with Crippen molar-refractivity contribution in [1.29, 1.82) is 0 Å². The van der Waals surface area contributed by atoms with Crippen molar-refractivity contribution >= 4 is 72.9 Å². The molecule has 0 bridgehead atoms. The van der Waals surface area contributed by atoms with Crippen LogP contribution in [-0.2, 0) is 0 Å². The molecule has 0 fully saturated rings. The van der Waals surface area contributed by atoms with Gasteiger partial charge in [0.25, 0.3) is 6.71 Å². The van der Waals surface area contributed by atoms with E-state index < -0.39 is 0 Å². The highest BCUT2D eigenvalue weighted by Gasteiger charge is 2.41. The lowest BCUT2D eigenvalue weighted by atomic mass is 9.34. The summed E-state index contributed by atoms with van der Waals surface area (Å²) in [6.45, 7) is -0.0466. The normalized spacial score (nSPS) is 12.8. The van der Waals surface area contributed by atoms with E-state index in [1.54, 1.807) is 0 Å². The van der Waals surface area contributed by atoms with E-state index in [1.807, 2.05) is 30.3 Å². The largest absolute Gasteiger partial charge is 0.458 e. The van der Waals surface area contributed by atoms with Crippen molar-refractivity contribution in [1.82, 2.24) is 0 Å². The van der Waals surface area contributed by atoms with Crippen LogP contribution < -0.4 is 30.8 Å². The molecule has 0 atom stereocenters. The van der Waals surface area contributed by atoms with Crippen LogP contribution in [0.4, 0.5) is 17.1 Å². The molecule has 210 valence electrons. The maximum absolute atomic E-state index is 6.67. The fourth-order valence-corrected chi connectivity index (χ4v) is 7.20. The number of nitrogens with zero attached hydrogens (tertiary/aromatic N) is 1. The zero-order valence-corrected chi connectivity index (χ0v) is 24.1. The van der Waals surface area contributed by atoms with Crippen molar-refractivity contribution < 1.29 is 13.9 Å². The number of ether oxygens (including phenoxy) is 2. The van der Waals surface area contributed by atoms with Crippen molar-refractivity contribution in [2.24, 2.45) is 0 Å². The topological polar surface area (TPSA) is 34.8 Å². The highest BCUT2D eigenvalue weighted by molar-refractivity contribution is 6.99. The van der Waals surface area contributed by atoms with Gasteiger partial charge < -0.3 is 18.8 Å². The zero-order valence-electron chi connectivity index (χ0n) is 24.1. The Hall–Kier alpha value is -5.94. The van der Waals surface area contributed by atoms with Crippen molar-refractivity contribution in [2.45, 2.75) is 0 Å². The Bertz CT molecular complexity index is 2410. The van der Waals surface area contributed by atoms with Gasteiger partial charge >= 0.3 is 0 Å². The highest BCUT2D eigenvalue weighted by atomic mass is 16.5. The van der Waals surface area contributed by atoms with Crippen LogP contribution >= 0.6 is 0 Å². The molecule has 3 heterocycles. The van der Waals surface area contributed by atoms with Crippen LogP contribution in [0.15, 0.2) is 150 Å². The Balaban J connectivity index is 1.18. The van der Waals surface area contributed by atoms with Crippen LogP contribution in [0.5, 0.6) is 23.0 Å². The lowest BCUT2D eigenvalue weighted by Gasteiger charge is -2.33. The molecule has 2 aliphatic heterocycles. The Labute approximate surface area is 259 Å². The SMILES string of the molecule is c1ccc(N(c2ccccc2)c2ccc3c(c2)oc2cc4c(cc23)Oc2cccc3c2B4c2c(ccc4ccccc24)O3)cc1. The first-order valence-electron chi connectivity index (χ1n) is 15.2. The van der Waals surface area contributed by atoms with Gasteiger partial charge in [-0.15, -0.1) is 0 Å². The third-order valence-electron chi connectivity index (χ3n) is 9.16. The number of benzene rings is 7. The van der Waals surface area contributed by atoms with E-state index in [1.165, 1.54) is 10.8 Å². The summed E-state index contributed by atoms with van der Waals surface area (Å²) in [5.41, 5.74) is 8.18. The van der Waals surface area contributed by atoms with Crippen LogP contribution in [0.25, 0.3) is 32.7 Å². The van der Waals surface area contributed by atoms with E-state index in [4.69, 9.17) is 13.9 Å². The van der Waals surface area contributed by atoms with E-state index in [-0.39, 0.29) is 6.71 Å². The molecule has 10 rings (SSSR count). The number of rotatable bonds is 3. The molecule has 1 aromatic heterocycles. The summed E-state index contributed by atoms with van der Waals surface area (Å²) >= 11 is 0. The average molecular weight is 577 g/mol. The van der Waals surface area contributed by atoms with Crippen LogP contribution in [0.1, 0.15) is 0 Å². The molecule has 0 unspecified atom stereocenters. The van der Waals surface area contributed by atoms with Crippen molar-refractivity contribution in [3.63, 3.8) is 0 Å². The minimum atomic E-state index is -0.0466. The van der Waals surface area contributed by atoms with E-state index in [0.29, 0.717) is 0 Å². The van der Waals surface area contributed by atoms with Gasteiger partial charge in [-0.1, -0.05) is 72.8 Å². The number of furan rings is 1. The average Bonchev–Trinajstić information content (AvgIpc) is 3.45. The first-order chi connectivity index (χ1) is 22.3. The van der Waals surface area contributed by atoms with Crippen molar-refractivity contribution in [3.8, 4) is 23.0 Å². The van der Waals surface area contributed by atoms with Gasteiger partial charge in [-0.2, -0.15) is 0 Å². The van der Waals surface area contributed by atoms with Crippen LogP contribution in [0.3, 0.4) is 0 Å². The Morgan fingerprint density at radius 3 is 1.87 bits per heavy atom. The van der Waals surface area contributed by atoms with Crippen molar-refractivity contribution in [2.75, 3.05) is 4.90 Å². The molecule has 7 aromatic carbocycles. The van der Waals surface area contributed by atoms with Crippen LogP contribution in [0, 0.1) is 0 Å². The second-order valence-corrected chi connectivity index (χ2v) is 11.7. The molecular formula is C40H24BNO3. The predicted molar refractivity (Wildman–Crippen MR) is 184 cm³/mol. The number of fused-ring (bicyclic) bond motifs is 9. The molecule has 5 heteroatoms. The van der Waals surface area contributed by atoms with E-state index in [9.17, 15) is 0 Å². The van der Waals surface area contributed by atoms with Gasteiger partial charge in [-0.3, -0.25) is 0 Å². The van der Waals surface area contributed by atoms with Crippen LogP contribution in [-0.4, -0.2) is 6.71 Å². The summed E-state index contributed by atoms with van der Waals surface area (Å²) in [6, 6.07) is 50.5. The molecule has 8 aromatic rings. The maximum Gasteiger partial charge on any atom is 0.261 e. The number of hydrogen-bond donors (Lipinski definition) is 0. The maximum atomic E-state index is 6.67. The molecule has 0 amide bonds. The number of hydrogen-bond acceptors (Lipinski definition) is 4. The monoisotopic (exact) mass is 577 g/mol. The lowest BCUT2D eigenvalue weighted by molar-refractivity contribution is 0.465. The summed E-state index contributed by atoms with van der Waals surface area (Å²) < 4.78 is 19.8. The molecule has 0 N–H and O–H groups in total. The fourth-order valence-electron chi connectivity index (χ4n) is 7.20. The smallest absolute Gasteiger partial charge is 0.261 e. The van der Waals surface area contributed by atoms with Gasteiger partial charge in [-0.05, 0) is 88.4 Å². The van der Waals surface area contributed by atoms with Crippen LogP contribution in [0.2, 0.25) is 0 Å². The molecule has 0 saturated heterocycles. The minimum Gasteiger partial charge on any atom is -0.458 e. The quantitative estimate of drug-likeness (QED) is 0.197. The Morgan fingerprint density at radius 1 is 0.422 bits per heavy atom.